The Morgan fingerprint density at radius 2 is 2.20 bits per heavy atom. The molecule has 0 unspecified atom stereocenters. The second-order valence-corrected chi connectivity index (χ2v) is 0.459. The molecule has 0 aliphatic carbocycles. The van der Waals surface area contributed by atoms with Crippen LogP contribution in [0.3, 0.4) is 0 Å². The van der Waals surface area contributed by atoms with Gasteiger partial charge in [0.25, 0.3) is 0 Å². The number of primary amides is 1. The van der Waals surface area contributed by atoms with Crippen LogP contribution in [0.4, 0.5) is 9.28 Å². The highest BCUT2D eigenvalue weighted by atomic mass is 18.2. The van der Waals surface area contributed by atoms with E-state index in [0.29, 0.717) is 5.54 Å². The van der Waals surface area contributed by atoms with Crippen molar-refractivity contribution in [1.29, 1.82) is 0 Å². The molecule has 0 aromatic rings. The zero-order valence-electron chi connectivity index (χ0n) is 2.36. The number of nitrogens with two attached hydrogens (primary N) is 1. The Balaban J connectivity index is 2.85. The minimum atomic E-state index is -1.16. The van der Waals surface area contributed by atoms with Crippen molar-refractivity contribution in [2.75, 3.05) is 0 Å². The number of carbonyl (C=O) groups excluding carboxylic acids is 1. The van der Waals surface area contributed by atoms with Crippen LogP contribution in [0.1, 0.15) is 0 Å². The fraction of sp³-hybridized carbons (Fsp3) is 0. The fourth-order valence-electron chi connectivity index (χ4n) is 0. The quantitative estimate of drug-likeness (QED) is 0.377. The Morgan fingerprint density at radius 1 is 2.00 bits per heavy atom. The predicted molar refractivity (Wildman–Crippen MR) is 13.8 cm³/mol. The van der Waals surface area contributed by atoms with Gasteiger partial charge in [0.05, 0.1) is 0 Å². The van der Waals surface area contributed by atoms with Crippen LogP contribution in [-0.4, -0.2) is 6.03 Å². The van der Waals surface area contributed by atoms with E-state index in [1.165, 1.54) is 0 Å². The van der Waals surface area contributed by atoms with Gasteiger partial charge in [-0.25, -0.2) is 4.79 Å². The van der Waals surface area contributed by atoms with Crippen molar-refractivity contribution in [2.24, 2.45) is 5.73 Å². The second-order valence-electron chi connectivity index (χ2n) is 0.459. The van der Waals surface area contributed by atoms with Crippen LogP contribution in [0.15, 0.2) is 0 Å². The second kappa shape index (κ2) is 1.51. The molecule has 5 heavy (non-hydrogen) atoms. The van der Waals surface area contributed by atoms with Gasteiger partial charge in [-0.2, -0.15) is 5.54 Å². The topological polar surface area (TPSA) is 55.1 Å². The van der Waals surface area contributed by atoms with E-state index in [1.54, 1.807) is 0 Å². The van der Waals surface area contributed by atoms with Crippen molar-refractivity contribution >= 4 is 6.03 Å². The lowest BCUT2D eigenvalue weighted by atomic mass is 11.2. The van der Waals surface area contributed by atoms with Crippen molar-refractivity contribution in [2.45, 2.75) is 0 Å². The van der Waals surface area contributed by atoms with Gasteiger partial charge in [0, 0.05) is 0 Å². The summed E-state index contributed by atoms with van der Waals surface area (Å²) in [4.78, 5) is 9.10. The van der Waals surface area contributed by atoms with E-state index in [0.717, 1.165) is 0 Å². The average molecular weight is 77.0 g/mol. The molecule has 0 bridgehead atoms. The molecule has 0 rings (SSSR count). The molecule has 0 fully saturated rings. The monoisotopic (exact) mass is 77.0 g/mol. The lowest BCUT2D eigenvalue weighted by Gasteiger charge is -1.74. The molecule has 0 aliphatic heterocycles. The van der Waals surface area contributed by atoms with Gasteiger partial charge < -0.3 is 5.73 Å². The predicted octanol–water partition coefficient (Wildman–Crippen LogP) is -0.461. The number of nitrogens with one attached hydrogen (secondary N) is 1. The number of hydrogen-bond acceptors (Lipinski definition) is 1. The fourth-order valence-corrected chi connectivity index (χ4v) is 0. The van der Waals surface area contributed by atoms with Crippen LogP contribution in [0.25, 0.3) is 0 Å². The van der Waals surface area contributed by atoms with Crippen molar-refractivity contribution < 1.29 is 9.28 Å². The number of rotatable bonds is 0. The highest BCUT2D eigenvalue weighted by Gasteiger charge is 1.77. The SMILES string of the molecule is NC(=O)N[18F]. The molecule has 0 aromatic carbocycles. The van der Waals surface area contributed by atoms with Gasteiger partial charge >= 0.3 is 6.03 Å². The zero-order chi connectivity index (χ0) is 4.28. The third-order valence-corrected chi connectivity index (χ3v) is 0.0931. The Bertz CT molecular complexity index is 44.9. The Hall–Kier alpha value is -0.800. The summed E-state index contributed by atoms with van der Waals surface area (Å²) >= 11 is 0. The van der Waals surface area contributed by atoms with Gasteiger partial charge in [0.15, 0.2) is 0 Å². The third-order valence-electron chi connectivity index (χ3n) is 0.0931. The zero-order valence-corrected chi connectivity index (χ0v) is 2.36. The summed E-state index contributed by atoms with van der Waals surface area (Å²) < 4.78 is 10.4. The molecule has 30 valence electrons. The number of urea groups is 1. The molecule has 3 nitrogen and oxygen atoms in total. The van der Waals surface area contributed by atoms with Crippen LogP contribution in [0.2, 0.25) is 0 Å². The summed E-state index contributed by atoms with van der Waals surface area (Å²) in [5.41, 5.74) is 4.83. The summed E-state index contributed by atoms with van der Waals surface area (Å²) in [7, 11) is 0. The van der Waals surface area contributed by atoms with Crippen molar-refractivity contribution in [3.8, 4) is 0 Å². The maximum Gasteiger partial charge on any atom is 0.340 e. The van der Waals surface area contributed by atoms with Crippen LogP contribution < -0.4 is 11.3 Å². The summed E-state index contributed by atoms with van der Waals surface area (Å²) in [5, 5.41) is 0. The standard InChI is InChI=1S/CH3FN2O/c2-4-1(3)5/h(H3,3,4,5)/i2-1. The number of halogens is 1. The molecule has 3 N–H and O–H groups in total. The number of amides is 2. The lowest BCUT2D eigenvalue weighted by Crippen LogP contribution is -2.20. The molecule has 0 saturated carbocycles. The molecule has 0 saturated heterocycles. The average Bonchev–Trinajstić information content (AvgIpc) is 1.38. The molecule has 2 amide bonds. The van der Waals surface area contributed by atoms with E-state index in [-0.39, 0.29) is 0 Å². The molecule has 0 spiro atoms. The first-order chi connectivity index (χ1) is 2.27. The summed E-state index contributed by atoms with van der Waals surface area (Å²) in [6.45, 7) is 0. The van der Waals surface area contributed by atoms with Crippen LogP contribution >= 0.6 is 0 Å². The van der Waals surface area contributed by atoms with Gasteiger partial charge in [-0.3, -0.25) is 0 Å². The maximum absolute atomic E-state index is 10.4. The summed E-state index contributed by atoms with van der Waals surface area (Å²) in [5.74, 6) is 0. The summed E-state index contributed by atoms with van der Waals surface area (Å²) in [6, 6.07) is -1.16. The Morgan fingerprint density at radius 3 is 2.20 bits per heavy atom. The van der Waals surface area contributed by atoms with Crippen LogP contribution in [0.5, 0.6) is 0 Å². The van der Waals surface area contributed by atoms with Gasteiger partial charge in [0.1, 0.15) is 0 Å². The van der Waals surface area contributed by atoms with E-state index in [1.807, 2.05) is 0 Å². The first-order valence-electron chi connectivity index (χ1n) is 0.932. The first kappa shape index (κ1) is 4.20. The largest absolute Gasteiger partial charge is 0.350 e. The normalized spacial score (nSPS) is 6.60. The van der Waals surface area contributed by atoms with Gasteiger partial charge in [-0.05, 0) is 0 Å². The Kier molecular flexibility index (Phi) is 1.27. The van der Waals surface area contributed by atoms with Crippen LogP contribution in [0, 0.1) is 0 Å². The first-order valence-corrected chi connectivity index (χ1v) is 0.932. The third kappa shape index (κ3) is 3.20. The van der Waals surface area contributed by atoms with E-state index < -0.39 is 6.03 Å². The lowest BCUT2D eigenvalue weighted by molar-refractivity contribution is 0.226. The summed E-state index contributed by atoms with van der Waals surface area (Å²) in [6.07, 6.45) is 0. The molecule has 4 heteroatoms. The minimum Gasteiger partial charge on any atom is -0.350 e. The molecular weight excluding hydrogens is 74.0 g/mol. The molecule has 0 aromatic heterocycles. The smallest absolute Gasteiger partial charge is 0.340 e. The van der Waals surface area contributed by atoms with E-state index in [9.17, 15) is 4.48 Å². The van der Waals surface area contributed by atoms with E-state index in [2.05, 4.69) is 5.73 Å². The van der Waals surface area contributed by atoms with Gasteiger partial charge in [-0.15, -0.1) is 0 Å². The van der Waals surface area contributed by atoms with Crippen molar-refractivity contribution in [3.05, 3.63) is 0 Å². The van der Waals surface area contributed by atoms with Crippen molar-refractivity contribution in [3.63, 3.8) is 0 Å². The van der Waals surface area contributed by atoms with E-state index >= 15 is 0 Å². The number of hydrogen-bond donors (Lipinski definition) is 2. The van der Waals surface area contributed by atoms with Gasteiger partial charge in [0.2, 0.25) is 0 Å². The maximum atomic E-state index is 10.4. The van der Waals surface area contributed by atoms with Crippen LogP contribution in [-0.2, 0) is 0 Å². The van der Waals surface area contributed by atoms with Gasteiger partial charge in [-0.1, -0.05) is 4.48 Å². The van der Waals surface area contributed by atoms with Crippen molar-refractivity contribution in [1.82, 2.24) is 5.54 Å². The molecule has 0 radical (unpaired) electrons. The minimum absolute atomic E-state index is 0.667. The molecular formula is CH3FN2O. The highest BCUT2D eigenvalue weighted by Crippen LogP contribution is 1.46. The molecule has 0 aliphatic rings. The Labute approximate surface area is 27.9 Å². The number of carbonyl (C=O) groups is 1. The molecule has 0 heterocycles. The van der Waals surface area contributed by atoms with E-state index in [4.69, 9.17) is 4.79 Å². The highest BCUT2D eigenvalue weighted by molar-refractivity contribution is 5.70. The molecule has 0 atom stereocenters.